The van der Waals surface area contributed by atoms with E-state index in [4.69, 9.17) is 9.47 Å². The van der Waals surface area contributed by atoms with E-state index in [-0.39, 0.29) is 13.2 Å². The van der Waals surface area contributed by atoms with Crippen LogP contribution in [0.25, 0.3) is 0 Å². The highest BCUT2D eigenvalue weighted by Gasteiger charge is 2.39. The van der Waals surface area contributed by atoms with Gasteiger partial charge in [0.1, 0.15) is 11.7 Å². The molecule has 3 N–H and O–H groups in total. The van der Waals surface area contributed by atoms with Crippen molar-refractivity contribution in [3.8, 4) is 0 Å². The molecule has 0 aromatic carbocycles. The number of rotatable bonds is 10. The third-order valence-corrected chi connectivity index (χ3v) is 2.30. The molecule has 0 fully saturated rings. The molecule has 96 valence electrons. The van der Waals surface area contributed by atoms with E-state index in [0.717, 1.165) is 6.42 Å². The molecule has 0 spiro atoms. The van der Waals surface area contributed by atoms with Crippen LogP contribution in [0.2, 0.25) is 0 Å². The molecule has 0 saturated carbocycles. The van der Waals surface area contributed by atoms with Crippen molar-refractivity contribution in [2.24, 2.45) is 0 Å². The highest BCUT2D eigenvalue weighted by atomic mass is 16.6. The molecule has 0 saturated heterocycles. The molecular weight excluding hydrogens is 212 g/mol. The minimum Gasteiger partial charge on any atom is -0.394 e. The molecule has 0 aliphatic heterocycles. The Balaban J connectivity index is 4.59. The van der Waals surface area contributed by atoms with E-state index in [9.17, 15) is 15.3 Å². The third kappa shape index (κ3) is 4.19. The zero-order valence-corrected chi connectivity index (χ0v) is 9.76. The maximum Gasteiger partial charge on any atom is 0.143 e. The number of aliphatic hydroxyl groups excluding tert-OH is 3. The van der Waals surface area contributed by atoms with E-state index in [1.54, 1.807) is 0 Å². The van der Waals surface area contributed by atoms with Crippen LogP contribution in [-0.4, -0.2) is 60.1 Å². The van der Waals surface area contributed by atoms with Crippen LogP contribution in [0, 0.1) is 0 Å². The molecule has 5 heteroatoms. The van der Waals surface area contributed by atoms with Crippen LogP contribution in [-0.2, 0) is 9.47 Å². The van der Waals surface area contributed by atoms with Gasteiger partial charge in [0, 0.05) is 6.61 Å². The van der Waals surface area contributed by atoms with Crippen LogP contribution in [0.5, 0.6) is 0 Å². The Bertz CT molecular complexity index is 179. The van der Waals surface area contributed by atoms with Gasteiger partial charge < -0.3 is 24.8 Å². The molecule has 0 aromatic heterocycles. The molecule has 0 radical (unpaired) electrons. The minimum atomic E-state index is -1.28. The summed E-state index contributed by atoms with van der Waals surface area (Å²) in [4.78, 5) is 0. The molecule has 0 amide bonds. The summed E-state index contributed by atoms with van der Waals surface area (Å²) < 4.78 is 10.7. The molecule has 0 aliphatic rings. The topological polar surface area (TPSA) is 79.2 Å². The van der Waals surface area contributed by atoms with E-state index >= 15 is 0 Å². The first kappa shape index (κ1) is 15.5. The van der Waals surface area contributed by atoms with Crippen molar-refractivity contribution in [1.82, 2.24) is 0 Å². The lowest BCUT2D eigenvalue weighted by Crippen LogP contribution is -2.54. The van der Waals surface area contributed by atoms with E-state index in [2.05, 4.69) is 6.58 Å². The van der Waals surface area contributed by atoms with Crippen LogP contribution in [0.3, 0.4) is 0 Å². The Labute approximate surface area is 96.3 Å². The smallest absolute Gasteiger partial charge is 0.143 e. The highest BCUT2D eigenvalue weighted by Crippen LogP contribution is 2.19. The van der Waals surface area contributed by atoms with Gasteiger partial charge in [-0.25, -0.2) is 0 Å². The summed E-state index contributed by atoms with van der Waals surface area (Å²) in [5.74, 6) is 0. The predicted molar refractivity (Wildman–Crippen MR) is 60.2 cm³/mol. The second-order valence-electron chi connectivity index (χ2n) is 3.52. The van der Waals surface area contributed by atoms with E-state index in [0.29, 0.717) is 6.61 Å². The summed E-state index contributed by atoms with van der Waals surface area (Å²) in [6, 6.07) is 0. The van der Waals surface area contributed by atoms with Gasteiger partial charge >= 0.3 is 0 Å². The van der Waals surface area contributed by atoms with Crippen molar-refractivity contribution in [2.75, 3.05) is 33.0 Å². The van der Waals surface area contributed by atoms with Gasteiger partial charge in [0.25, 0.3) is 0 Å². The largest absolute Gasteiger partial charge is 0.394 e. The van der Waals surface area contributed by atoms with Crippen molar-refractivity contribution in [3.63, 3.8) is 0 Å². The van der Waals surface area contributed by atoms with Crippen LogP contribution < -0.4 is 0 Å². The second-order valence-corrected chi connectivity index (χ2v) is 3.52. The van der Waals surface area contributed by atoms with Gasteiger partial charge in [0.15, 0.2) is 0 Å². The fraction of sp³-hybridized carbons (Fsp3) is 0.818. The van der Waals surface area contributed by atoms with Crippen molar-refractivity contribution in [1.29, 1.82) is 0 Å². The number of aliphatic hydroxyl groups is 3. The first-order valence-electron chi connectivity index (χ1n) is 5.39. The molecule has 16 heavy (non-hydrogen) atoms. The van der Waals surface area contributed by atoms with Crippen LogP contribution in [0.1, 0.15) is 13.3 Å². The van der Waals surface area contributed by atoms with Crippen molar-refractivity contribution >= 4 is 0 Å². The first-order valence-corrected chi connectivity index (χ1v) is 5.39. The van der Waals surface area contributed by atoms with Gasteiger partial charge in [-0.2, -0.15) is 0 Å². The average molecular weight is 234 g/mol. The number of ether oxygens (including phenoxy) is 2. The lowest BCUT2D eigenvalue weighted by atomic mass is 9.98. The Kier molecular flexibility index (Phi) is 8.42. The Morgan fingerprint density at radius 1 is 1.31 bits per heavy atom. The zero-order valence-electron chi connectivity index (χ0n) is 9.76. The Morgan fingerprint density at radius 3 is 2.31 bits per heavy atom. The number of hydrogen-bond donors (Lipinski definition) is 3. The van der Waals surface area contributed by atoms with Crippen LogP contribution >= 0.6 is 0 Å². The Hall–Kier alpha value is -0.460. The van der Waals surface area contributed by atoms with Gasteiger partial charge in [-0.1, -0.05) is 13.0 Å². The fourth-order valence-electron chi connectivity index (χ4n) is 1.29. The summed E-state index contributed by atoms with van der Waals surface area (Å²) in [5.41, 5.74) is -1.28. The van der Waals surface area contributed by atoms with Gasteiger partial charge in [0.2, 0.25) is 0 Å². The summed E-state index contributed by atoms with van der Waals surface area (Å²) >= 11 is 0. The molecule has 0 heterocycles. The van der Waals surface area contributed by atoms with Gasteiger partial charge in [-0.15, -0.1) is 6.58 Å². The molecule has 0 rings (SSSR count). The lowest BCUT2D eigenvalue weighted by molar-refractivity contribution is -0.189. The molecule has 1 unspecified atom stereocenters. The van der Waals surface area contributed by atoms with Gasteiger partial charge in [-0.3, -0.25) is 0 Å². The highest BCUT2D eigenvalue weighted by molar-refractivity contribution is 4.90. The molecule has 0 bridgehead atoms. The maximum atomic E-state index is 9.29. The molecule has 5 nitrogen and oxygen atoms in total. The van der Waals surface area contributed by atoms with E-state index in [1.165, 1.54) is 6.08 Å². The number of hydrogen-bond acceptors (Lipinski definition) is 5. The monoisotopic (exact) mass is 234 g/mol. The summed E-state index contributed by atoms with van der Waals surface area (Å²) in [6.45, 7) is 4.86. The third-order valence-electron chi connectivity index (χ3n) is 2.30. The summed E-state index contributed by atoms with van der Waals surface area (Å²) in [5, 5.41) is 27.8. The quantitative estimate of drug-likeness (QED) is 0.452. The Morgan fingerprint density at radius 2 is 1.94 bits per heavy atom. The van der Waals surface area contributed by atoms with Crippen LogP contribution in [0.15, 0.2) is 12.7 Å². The molecule has 1 atom stereocenters. The van der Waals surface area contributed by atoms with Gasteiger partial charge in [-0.05, 0) is 6.42 Å². The van der Waals surface area contributed by atoms with E-state index < -0.39 is 24.9 Å². The lowest BCUT2D eigenvalue weighted by Gasteiger charge is -2.36. The maximum absolute atomic E-state index is 9.29. The fourth-order valence-corrected chi connectivity index (χ4v) is 1.29. The standard InChI is InChI=1S/C11H22O5/c1-3-5-15-10(7-12)11(8-13,9-14)16-6-4-2/h4,10,12-14H,2-3,5-9H2,1H3. The molecule has 0 aromatic rings. The predicted octanol–water partition coefficient (Wildman–Crippen LogP) is -0.300. The normalized spacial score (nSPS) is 13.8. The zero-order chi connectivity index (χ0) is 12.4. The van der Waals surface area contributed by atoms with Crippen molar-refractivity contribution in [2.45, 2.75) is 25.0 Å². The minimum absolute atomic E-state index is 0.174. The average Bonchev–Trinajstić information content (AvgIpc) is 2.34. The summed E-state index contributed by atoms with van der Waals surface area (Å²) in [7, 11) is 0. The SMILES string of the molecule is C=CCOC(CO)(CO)C(CO)OCCC. The first-order chi connectivity index (χ1) is 7.70. The van der Waals surface area contributed by atoms with Crippen molar-refractivity contribution in [3.05, 3.63) is 12.7 Å². The van der Waals surface area contributed by atoms with Gasteiger partial charge in [0.05, 0.1) is 26.4 Å². The van der Waals surface area contributed by atoms with Crippen LogP contribution in [0.4, 0.5) is 0 Å². The summed E-state index contributed by atoms with van der Waals surface area (Å²) in [6.07, 6.45) is 1.54. The van der Waals surface area contributed by atoms with E-state index in [1.807, 2.05) is 6.92 Å². The second kappa shape index (κ2) is 8.66. The molecule has 0 aliphatic carbocycles. The van der Waals surface area contributed by atoms with Crippen molar-refractivity contribution < 1.29 is 24.8 Å². The molecular formula is C11H22O5.